The molecule has 30 heavy (non-hydrogen) atoms. The Morgan fingerprint density at radius 1 is 1.07 bits per heavy atom. The van der Waals surface area contributed by atoms with Crippen LogP contribution < -0.4 is 0 Å². The quantitative estimate of drug-likeness (QED) is 0.610. The number of alkyl halides is 3. The Morgan fingerprint density at radius 2 is 1.70 bits per heavy atom. The van der Waals surface area contributed by atoms with E-state index in [9.17, 15) is 14.3 Å². The van der Waals surface area contributed by atoms with Gasteiger partial charge in [-0.15, -0.1) is 0 Å². The molecule has 172 valence electrons. The highest BCUT2D eigenvalue weighted by Gasteiger charge is 2.69. The number of carbonyl (C=O) groups excluding carboxylic acids is 1. The second kappa shape index (κ2) is 7.38. The molecule has 1 N–H and O–H groups in total. The van der Waals surface area contributed by atoms with Gasteiger partial charge in [0.15, 0.2) is 0 Å². The summed E-state index contributed by atoms with van der Waals surface area (Å²) in [6, 6.07) is 0. The maximum absolute atomic E-state index is 15.7. The molecular formula is C24H37F3O3. The van der Waals surface area contributed by atoms with Crippen molar-refractivity contribution in [3.63, 3.8) is 0 Å². The molecule has 4 rings (SSSR count). The standard InChI is InChI=1S/C24H37F3O3/c1-13(11-19(29)30-4)14-5-6-15-20-16(7-9-22(14,15)2)23(3)10-8-18(28)21(25)17(23)12-24(20,26)27/h13-18,20-21,28H,5-12H2,1-4H3/t13-,14-,15?,16?,17-,18+,20?,21-,22-,23-/m1/s1. The smallest absolute Gasteiger partial charge is 0.305 e. The second-order valence-corrected chi connectivity index (χ2v) is 11.4. The Labute approximate surface area is 178 Å². The highest BCUT2D eigenvalue weighted by Crippen LogP contribution is 2.71. The van der Waals surface area contributed by atoms with Crippen molar-refractivity contribution in [1.29, 1.82) is 0 Å². The Bertz CT molecular complexity index is 685. The summed E-state index contributed by atoms with van der Waals surface area (Å²) < 4.78 is 51.1. The van der Waals surface area contributed by atoms with E-state index in [0.29, 0.717) is 25.7 Å². The summed E-state index contributed by atoms with van der Waals surface area (Å²) in [6.07, 6.45) is 1.37. The number of halogens is 3. The molecule has 0 aliphatic heterocycles. The Kier molecular flexibility index (Phi) is 5.52. The monoisotopic (exact) mass is 430 g/mol. The number of hydrogen-bond donors (Lipinski definition) is 1. The Morgan fingerprint density at radius 3 is 2.37 bits per heavy atom. The molecule has 0 radical (unpaired) electrons. The lowest BCUT2D eigenvalue weighted by molar-refractivity contribution is -0.250. The Hall–Kier alpha value is -0.780. The van der Waals surface area contributed by atoms with E-state index in [-0.39, 0.29) is 35.1 Å². The molecule has 0 heterocycles. The zero-order chi connectivity index (χ0) is 22.1. The van der Waals surface area contributed by atoms with E-state index >= 15 is 8.78 Å². The second-order valence-electron chi connectivity index (χ2n) is 11.4. The van der Waals surface area contributed by atoms with E-state index in [1.807, 2.05) is 13.8 Å². The first-order chi connectivity index (χ1) is 14.0. The van der Waals surface area contributed by atoms with Gasteiger partial charge in [0.1, 0.15) is 6.17 Å². The molecule has 0 spiro atoms. The summed E-state index contributed by atoms with van der Waals surface area (Å²) >= 11 is 0. The molecule has 0 aromatic carbocycles. The lowest BCUT2D eigenvalue weighted by Gasteiger charge is -2.63. The first kappa shape index (κ1) is 22.4. The molecule has 10 atom stereocenters. The van der Waals surface area contributed by atoms with Crippen molar-refractivity contribution >= 4 is 5.97 Å². The normalized spacial score (nSPS) is 50.7. The number of carbonyl (C=O) groups is 1. The lowest BCUT2D eigenvalue weighted by atomic mass is 9.43. The number of hydrogen-bond acceptors (Lipinski definition) is 3. The summed E-state index contributed by atoms with van der Waals surface area (Å²) in [6.45, 7) is 6.22. The van der Waals surface area contributed by atoms with Gasteiger partial charge in [0.05, 0.1) is 13.2 Å². The molecule has 0 amide bonds. The summed E-state index contributed by atoms with van der Waals surface area (Å²) in [5.41, 5.74) is -0.688. The molecule has 6 heteroatoms. The van der Waals surface area contributed by atoms with E-state index in [4.69, 9.17) is 4.74 Å². The average molecular weight is 431 g/mol. The van der Waals surface area contributed by atoms with Crippen LogP contribution in [0.15, 0.2) is 0 Å². The number of esters is 1. The van der Waals surface area contributed by atoms with Crippen LogP contribution in [0.25, 0.3) is 0 Å². The molecule has 4 saturated carbocycles. The fourth-order valence-electron chi connectivity index (χ4n) is 8.60. The fraction of sp³-hybridized carbons (Fsp3) is 0.958. The van der Waals surface area contributed by atoms with Crippen molar-refractivity contribution in [2.45, 2.75) is 90.3 Å². The number of ether oxygens (including phenoxy) is 1. The van der Waals surface area contributed by atoms with Crippen LogP contribution in [0.5, 0.6) is 0 Å². The molecular weight excluding hydrogens is 393 g/mol. The minimum Gasteiger partial charge on any atom is -0.469 e. The molecule has 0 aromatic heterocycles. The third-order valence-corrected chi connectivity index (χ3v) is 10.2. The zero-order valence-electron chi connectivity index (χ0n) is 18.7. The van der Waals surface area contributed by atoms with Crippen molar-refractivity contribution in [1.82, 2.24) is 0 Å². The van der Waals surface area contributed by atoms with Crippen molar-refractivity contribution in [2.24, 2.45) is 46.3 Å². The molecule has 4 fully saturated rings. The van der Waals surface area contributed by atoms with Crippen LogP contribution >= 0.6 is 0 Å². The zero-order valence-corrected chi connectivity index (χ0v) is 18.7. The van der Waals surface area contributed by atoms with Gasteiger partial charge in [-0.2, -0.15) is 0 Å². The van der Waals surface area contributed by atoms with Gasteiger partial charge in [-0.1, -0.05) is 20.8 Å². The van der Waals surface area contributed by atoms with E-state index in [1.54, 1.807) is 0 Å². The number of fused-ring (bicyclic) bond motifs is 5. The van der Waals surface area contributed by atoms with Crippen LogP contribution in [0.2, 0.25) is 0 Å². The van der Waals surface area contributed by atoms with Crippen molar-refractivity contribution in [3.8, 4) is 0 Å². The average Bonchev–Trinajstić information content (AvgIpc) is 3.03. The van der Waals surface area contributed by atoms with E-state index in [1.165, 1.54) is 7.11 Å². The predicted octanol–water partition coefficient (Wildman–Crippen LogP) is 5.40. The Balaban J connectivity index is 1.64. The molecule has 4 aliphatic carbocycles. The van der Waals surface area contributed by atoms with Crippen molar-refractivity contribution in [2.75, 3.05) is 7.11 Å². The summed E-state index contributed by atoms with van der Waals surface area (Å²) in [5, 5.41) is 10.0. The van der Waals surface area contributed by atoms with Gasteiger partial charge >= 0.3 is 5.97 Å². The van der Waals surface area contributed by atoms with Crippen LogP contribution in [0.4, 0.5) is 13.2 Å². The highest BCUT2D eigenvalue weighted by atomic mass is 19.3. The third-order valence-electron chi connectivity index (χ3n) is 10.2. The predicted molar refractivity (Wildman–Crippen MR) is 108 cm³/mol. The first-order valence-electron chi connectivity index (χ1n) is 11.7. The van der Waals surface area contributed by atoms with Crippen LogP contribution in [-0.4, -0.2) is 36.4 Å². The summed E-state index contributed by atoms with van der Waals surface area (Å²) in [5.74, 6) is -4.62. The van der Waals surface area contributed by atoms with Gasteiger partial charge < -0.3 is 9.84 Å². The fourth-order valence-corrected chi connectivity index (χ4v) is 8.60. The van der Waals surface area contributed by atoms with Crippen LogP contribution in [-0.2, 0) is 9.53 Å². The third kappa shape index (κ3) is 3.14. The largest absolute Gasteiger partial charge is 0.469 e. The van der Waals surface area contributed by atoms with Crippen molar-refractivity contribution < 1.29 is 27.8 Å². The van der Waals surface area contributed by atoms with Crippen LogP contribution in [0, 0.1) is 46.3 Å². The van der Waals surface area contributed by atoms with Gasteiger partial charge in [-0.05, 0) is 73.0 Å². The molecule has 3 nitrogen and oxygen atoms in total. The van der Waals surface area contributed by atoms with Gasteiger partial charge in [0.25, 0.3) is 5.92 Å². The number of aliphatic hydroxyl groups excluding tert-OH is 1. The highest BCUT2D eigenvalue weighted by molar-refractivity contribution is 5.69. The topological polar surface area (TPSA) is 46.5 Å². The van der Waals surface area contributed by atoms with Gasteiger partial charge in [0, 0.05) is 24.7 Å². The first-order valence-corrected chi connectivity index (χ1v) is 11.7. The van der Waals surface area contributed by atoms with Gasteiger partial charge in [0.2, 0.25) is 0 Å². The lowest BCUT2D eigenvalue weighted by Crippen LogP contribution is -2.63. The number of rotatable bonds is 3. The summed E-state index contributed by atoms with van der Waals surface area (Å²) in [7, 11) is 1.39. The van der Waals surface area contributed by atoms with Crippen LogP contribution in [0.3, 0.4) is 0 Å². The van der Waals surface area contributed by atoms with E-state index < -0.39 is 41.9 Å². The maximum Gasteiger partial charge on any atom is 0.305 e. The van der Waals surface area contributed by atoms with Crippen molar-refractivity contribution in [3.05, 3.63) is 0 Å². The maximum atomic E-state index is 15.7. The van der Waals surface area contributed by atoms with Crippen LogP contribution in [0.1, 0.15) is 72.1 Å². The van der Waals surface area contributed by atoms with Gasteiger partial charge in [-0.25, -0.2) is 13.2 Å². The molecule has 0 bridgehead atoms. The number of aliphatic hydroxyl groups is 1. The molecule has 0 aromatic rings. The van der Waals surface area contributed by atoms with E-state index in [0.717, 1.165) is 19.3 Å². The van der Waals surface area contributed by atoms with Gasteiger partial charge in [-0.3, -0.25) is 4.79 Å². The summed E-state index contributed by atoms with van der Waals surface area (Å²) in [4.78, 5) is 11.8. The molecule has 0 saturated heterocycles. The number of methoxy groups -OCH3 is 1. The minimum absolute atomic E-state index is 0.0981. The molecule has 4 aliphatic rings. The van der Waals surface area contributed by atoms with E-state index in [2.05, 4.69) is 6.92 Å². The SMILES string of the molecule is COC(=O)C[C@@H](C)[C@H]1CCC2C3C(CC[C@@]21C)[C@@]1(C)CC[C@H](O)[C@H](F)[C@H]1CC3(F)F. The minimum atomic E-state index is -2.91. The molecule has 3 unspecified atom stereocenters.